The topological polar surface area (TPSA) is 40.5 Å². The van der Waals surface area contributed by atoms with E-state index in [1.165, 1.54) is 19.3 Å². The van der Waals surface area contributed by atoms with Gasteiger partial charge in [0.1, 0.15) is 11.5 Å². The van der Waals surface area contributed by atoms with Crippen molar-refractivity contribution in [2.75, 3.05) is 0 Å². The molecule has 0 heterocycles. The van der Waals surface area contributed by atoms with E-state index in [1.807, 2.05) is 24.3 Å². The van der Waals surface area contributed by atoms with Crippen LogP contribution in [0.4, 0.5) is 0 Å². The number of para-hydroxylation sites is 2. The summed E-state index contributed by atoms with van der Waals surface area (Å²) in [6.07, 6.45) is 13.4. The van der Waals surface area contributed by atoms with E-state index in [4.69, 9.17) is 0 Å². The van der Waals surface area contributed by atoms with E-state index in [2.05, 4.69) is 52.0 Å². The van der Waals surface area contributed by atoms with Gasteiger partial charge >= 0.3 is 0 Å². The Kier molecular flexibility index (Phi) is 10.6. The maximum absolute atomic E-state index is 11.3. The smallest absolute Gasteiger partial charge is 0.119 e. The second-order valence-corrected chi connectivity index (χ2v) is 9.63. The van der Waals surface area contributed by atoms with E-state index in [9.17, 15) is 10.2 Å². The molecule has 0 bridgehead atoms. The number of hydrogen-bond donors (Lipinski definition) is 2. The van der Waals surface area contributed by atoms with Crippen molar-refractivity contribution in [2.24, 2.45) is 5.41 Å². The summed E-state index contributed by atoms with van der Waals surface area (Å²) < 4.78 is 0. The van der Waals surface area contributed by atoms with Crippen molar-refractivity contribution in [3.05, 3.63) is 59.7 Å². The van der Waals surface area contributed by atoms with Crippen LogP contribution in [-0.2, 0) is 5.41 Å². The number of hydrogen-bond acceptors (Lipinski definition) is 2. The van der Waals surface area contributed by atoms with Crippen LogP contribution in [0.5, 0.6) is 11.5 Å². The van der Waals surface area contributed by atoms with Crippen LogP contribution in [0, 0.1) is 5.41 Å². The van der Waals surface area contributed by atoms with E-state index in [1.54, 1.807) is 0 Å². The molecule has 2 nitrogen and oxygen atoms in total. The monoisotopic (exact) mass is 438 g/mol. The highest BCUT2D eigenvalue weighted by Crippen LogP contribution is 2.61. The van der Waals surface area contributed by atoms with Crippen LogP contribution in [0.1, 0.15) is 116 Å². The Morgan fingerprint density at radius 3 is 1.22 bits per heavy atom. The lowest BCUT2D eigenvalue weighted by molar-refractivity contribution is 0.0806. The maximum atomic E-state index is 11.3. The van der Waals surface area contributed by atoms with E-state index in [0.29, 0.717) is 11.5 Å². The molecule has 2 rings (SSSR count). The van der Waals surface area contributed by atoms with Gasteiger partial charge in [0, 0.05) is 16.5 Å². The molecular formula is C30H46O2. The van der Waals surface area contributed by atoms with E-state index in [0.717, 1.165) is 68.9 Å². The van der Waals surface area contributed by atoms with Crippen LogP contribution >= 0.6 is 0 Å². The summed E-state index contributed by atoms with van der Waals surface area (Å²) in [4.78, 5) is 0. The molecule has 0 saturated heterocycles. The molecule has 0 spiro atoms. The molecule has 0 saturated carbocycles. The number of unbranched alkanes of at least 4 members (excludes halogenated alkanes) is 4. The van der Waals surface area contributed by atoms with Crippen LogP contribution in [0.3, 0.4) is 0 Å². The number of phenolic OH excluding ortho intramolecular Hbond substituents is 2. The van der Waals surface area contributed by atoms with Gasteiger partial charge in [-0.2, -0.15) is 0 Å². The largest absolute Gasteiger partial charge is 0.508 e. The lowest BCUT2D eigenvalue weighted by Crippen LogP contribution is -2.47. The molecule has 0 unspecified atom stereocenters. The zero-order valence-electron chi connectivity index (χ0n) is 21.0. The maximum Gasteiger partial charge on any atom is 0.119 e. The molecule has 0 atom stereocenters. The normalized spacial score (nSPS) is 12.2. The molecule has 0 radical (unpaired) electrons. The van der Waals surface area contributed by atoms with Gasteiger partial charge in [0.25, 0.3) is 0 Å². The minimum atomic E-state index is -0.417. The van der Waals surface area contributed by atoms with Crippen molar-refractivity contribution in [3.63, 3.8) is 0 Å². The molecule has 0 aliphatic carbocycles. The lowest BCUT2D eigenvalue weighted by atomic mass is 9.50. The summed E-state index contributed by atoms with van der Waals surface area (Å²) in [6, 6.07) is 15.9. The highest BCUT2D eigenvalue weighted by molar-refractivity contribution is 5.53. The first-order chi connectivity index (χ1) is 15.5. The lowest BCUT2D eigenvalue weighted by Gasteiger charge is -2.53. The zero-order valence-corrected chi connectivity index (χ0v) is 21.0. The second kappa shape index (κ2) is 12.9. The summed E-state index contributed by atoms with van der Waals surface area (Å²) >= 11 is 0. The minimum absolute atomic E-state index is 0.0120. The van der Waals surface area contributed by atoms with Crippen LogP contribution in [-0.4, -0.2) is 10.2 Å². The molecule has 0 aromatic heterocycles. The molecule has 2 heteroatoms. The zero-order chi connectivity index (χ0) is 23.5. The fourth-order valence-corrected chi connectivity index (χ4v) is 5.92. The van der Waals surface area contributed by atoms with E-state index in [-0.39, 0.29) is 5.41 Å². The molecule has 0 fully saturated rings. The van der Waals surface area contributed by atoms with Gasteiger partial charge in [-0.25, -0.2) is 0 Å². The Morgan fingerprint density at radius 2 is 0.875 bits per heavy atom. The predicted molar refractivity (Wildman–Crippen MR) is 138 cm³/mol. The highest BCUT2D eigenvalue weighted by atomic mass is 16.3. The molecular weight excluding hydrogens is 392 g/mol. The van der Waals surface area contributed by atoms with E-state index < -0.39 is 5.41 Å². The number of rotatable bonds is 15. The average Bonchev–Trinajstić information content (AvgIpc) is 2.81. The van der Waals surface area contributed by atoms with Crippen molar-refractivity contribution in [1.82, 2.24) is 0 Å². The van der Waals surface area contributed by atoms with Crippen molar-refractivity contribution in [3.8, 4) is 11.5 Å². The fourth-order valence-electron chi connectivity index (χ4n) is 5.92. The Morgan fingerprint density at radius 1 is 0.531 bits per heavy atom. The molecule has 32 heavy (non-hydrogen) atoms. The van der Waals surface area contributed by atoms with Gasteiger partial charge < -0.3 is 10.2 Å². The molecule has 178 valence electrons. The summed E-state index contributed by atoms with van der Waals surface area (Å²) in [5.74, 6) is 0.724. The quantitative estimate of drug-likeness (QED) is 0.291. The van der Waals surface area contributed by atoms with Gasteiger partial charge in [-0.1, -0.05) is 115 Å². The Hall–Kier alpha value is -1.96. The Labute approximate surface area is 197 Å². The third-order valence-electron chi connectivity index (χ3n) is 7.56. The first-order valence-corrected chi connectivity index (χ1v) is 13.1. The first-order valence-electron chi connectivity index (χ1n) is 13.1. The fraction of sp³-hybridized carbons (Fsp3) is 0.600. The number of benzene rings is 2. The minimum Gasteiger partial charge on any atom is -0.508 e. The number of aromatic hydroxyl groups is 2. The predicted octanol–water partition coefficient (Wildman–Crippen LogP) is 9.13. The van der Waals surface area contributed by atoms with Crippen molar-refractivity contribution in [1.29, 1.82) is 0 Å². The highest BCUT2D eigenvalue weighted by Gasteiger charge is 2.53. The van der Waals surface area contributed by atoms with Gasteiger partial charge in [0.15, 0.2) is 0 Å². The number of phenols is 2. The second-order valence-electron chi connectivity index (χ2n) is 9.63. The molecule has 0 amide bonds. The van der Waals surface area contributed by atoms with Crippen LogP contribution in [0.15, 0.2) is 48.5 Å². The average molecular weight is 439 g/mol. The molecule has 2 aromatic carbocycles. The van der Waals surface area contributed by atoms with E-state index >= 15 is 0 Å². The third-order valence-corrected chi connectivity index (χ3v) is 7.56. The van der Waals surface area contributed by atoms with Crippen LogP contribution in [0.2, 0.25) is 0 Å². The SMILES string of the molecule is CCCCC(CCCC)(CCCC)C(CCCC)(c1ccccc1O)c1ccccc1O. The van der Waals surface area contributed by atoms with Crippen molar-refractivity contribution in [2.45, 2.75) is 110 Å². The van der Waals surface area contributed by atoms with Gasteiger partial charge in [-0.05, 0) is 43.2 Å². The summed E-state index contributed by atoms with van der Waals surface area (Å²) in [5, 5.41) is 22.5. The molecule has 0 aliphatic rings. The Bertz CT molecular complexity index is 728. The summed E-state index contributed by atoms with van der Waals surface area (Å²) in [6.45, 7) is 9.07. The van der Waals surface area contributed by atoms with Crippen molar-refractivity contribution >= 4 is 0 Å². The van der Waals surface area contributed by atoms with Gasteiger partial charge in [0.05, 0.1) is 0 Å². The summed E-state index contributed by atoms with van der Waals surface area (Å²) in [7, 11) is 0. The van der Waals surface area contributed by atoms with Gasteiger partial charge in [0.2, 0.25) is 0 Å². The van der Waals surface area contributed by atoms with Gasteiger partial charge in [-0.3, -0.25) is 0 Å². The standard InChI is InChI=1S/C30H46O2/c1-5-9-21-29(22-10-6-2,23-11-7-3)30(24-12-8-4,25-17-13-15-19-27(25)31)26-18-14-16-20-28(26)32/h13-20,31-32H,5-12,21-24H2,1-4H3. The molecule has 2 N–H and O–H groups in total. The van der Waals surface area contributed by atoms with Gasteiger partial charge in [-0.15, -0.1) is 0 Å². The Balaban J connectivity index is 2.95. The van der Waals surface area contributed by atoms with Crippen LogP contribution in [0.25, 0.3) is 0 Å². The molecule has 2 aromatic rings. The third kappa shape index (κ3) is 5.50. The van der Waals surface area contributed by atoms with Crippen LogP contribution < -0.4 is 0 Å². The molecule has 0 aliphatic heterocycles. The summed E-state index contributed by atoms with van der Waals surface area (Å²) in [5.41, 5.74) is 1.57. The van der Waals surface area contributed by atoms with Crippen molar-refractivity contribution < 1.29 is 10.2 Å². The first kappa shape index (κ1) is 26.3.